The molecule has 364 valence electrons. The molecule has 9 N–H and O–H groups in total. The Hall–Kier alpha value is -1.91. The van der Waals surface area contributed by atoms with Gasteiger partial charge in [-0.3, -0.25) is 0 Å². The molecule has 0 heterocycles. The molecule has 0 bridgehead atoms. The number of hydrogen-bond donors (Lipinski definition) is 5. The Balaban J connectivity index is 1.23. The lowest BCUT2D eigenvalue weighted by atomic mass is 9.43. The molecule has 13 heteroatoms. The number of ether oxygens (including phenoxy) is 3. The van der Waals surface area contributed by atoms with E-state index in [9.17, 15) is 8.42 Å². The number of benzene rings is 2. The number of nitrogens with zero attached hydrogens (tertiary/aromatic N) is 2. The highest BCUT2D eigenvalue weighted by atomic mass is 32.2. The van der Waals surface area contributed by atoms with Crippen LogP contribution in [0.1, 0.15) is 111 Å². The molecule has 0 aromatic heterocycles. The van der Waals surface area contributed by atoms with Gasteiger partial charge in [0.15, 0.2) is 0 Å². The summed E-state index contributed by atoms with van der Waals surface area (Å²) in [5.41, 5.74) is 24.9. The highest BCUT2D eigenvalue weighted by Gasteiger charge is 2.66. The molecule has 0 amide bonds. The number of anilines is 1. The third kappa shape index (κ3) is 11.3. The van der Waals surface area contributed by atoms with Crippen LogP contribution in [0.2, 0.25) is 0 Å². The van der Waals surface area contributed by atoms with Gasteiger partial charge in [0.05, 0.1) is 23.2 Å². The molecule has 0 saturated heterocycles. The van der Waals surface area contributed by atoms with E-state index in [0.717, 1.165) is 113 Å². The van der Waals surface area contributed by atoms with E-state index in [0.29, 0.717) is 99.0 Å². The van der Waals surface area contributed by atoms with Crippen LogP contribution in [0.4, 0.5) is 5.69 Å². The van der Waals surface area contributed by atoms with Gasteiger partial charge in [0.25, 0.3) is 0 Å². The first-order valence-corrected chi connectivity index (χ1v) is 26.9. The van der Waals surface area contributed by atoms with Gasteiger partial charge in [-0.05, 0) is 182 Å². The molecule has 0 aliphatic heterocycles. The summed E-state index contributed by atoms with van der Waals surface area (Å²) >= 11 is 0. The number of hydrogen-bond acceptors (Lipinski definition) is 11. The minimum absolute atomic E-state index is 0.0234. The Kier molecular flexibility index (Phi) is 19.2. The van der Waals surface area contributed by atoms with E-state index in [1.807, 2.05) is 49.3 Å². The highest BCUT2D eigenvalue weighted by molar-refractivity contribution is 7.89. The van der Waals surface area contributed by atoms with Crippen molar-refractivity contribution in [3.8, 4) is 0 Å². The molecular weight excluding hydrogens is 823 g/mol. The lowest BCUT2D eigenvalue weighted by Crippen LogP contribution is -2.63. The Morgan fingerprint density at radius 2 is 1.41 bits per heavy atom. The Labute approximate surface area is 388 Å². The molecule has 0 unspecified atom stereocenters. The predicted molar refractivity (Wildman–Crippen MR) is 263 cm³/mol. The molecule has 0 spiro atoms. The van der Waals surface area contributed by atoms with Crippen LogP contribution in [0, 0.1) is 46.3 Å². The van der Waals surface area contributed by atoms with Gasteiger partial charge in [-0.15, -0.1) is 0 Å². The van der Waals surface area contributed by atoms with E-state index in [1.54, 1.807) is 10.4 Å². The fraction of sp³-hybridized carbons (Fsp3) is 0.804. The van der Waals surface area contributed by atoms with Crippen LogP contribution >= 0.6 is 0 Å². The number of rotatable bonds is 27. The summed E-state index contributed by atoms with van der Waals surface area (Å²) in [7, 11) is 0.215. The largest absolute Gasteiger partial charge is 0.378 e. The summed E-state index contributed by atoms with van der Waals surface area (Å²) in [6, 6.07) is 11.7. The molecule has 4 aliphatic rings. The van der Waals surface area contributed by atoms with Crippen LogP contribution in [0.25, 0.3) is 10.8 Å². The van der Waals surface area contributed by atoms with Crippen molar-refractivity contribution in [3.63, 3.8) is 0 Å². The fourth-order valence-electron chi connectivity index (χ4n) is 13.5. The van der Waals surface area contributed by atoms with E-state index in [4.69, 9.17) is 37.1 Å². The van der Waals surface area contributed by atoms with Crippen LogP contribution in [0.15, 0.2) is 41.3 Å². The van der Waals surface area contributed by atoms with Crippen molar-refractivity contribution in [3.05, 3.63) is 36.4 Å². The summed E-state index contributed by atoms with van der Waals surface area (Å²) in [4.78, 5) is 2.43. The number of fused-ring (bicyclic) bond motifs is 6. The second-order valence-corrected chi connectivity index (χ2v) is 22.7. The third-order valence-corrected chi connectivity index (χ3v) is 18.8. The average Bonchev–Trinajstić information content (AvgIpc) is 3.64. The van der Waals surface area contributed by atoms with Crippen molar-refractivity contribution < 1.29 is 22.6 Å². The minimum Gasteiger partial charge on any atom is -0.378 e. The monoisotopic (exact) mass is 912 g/mol. The van der Waals surface area contributed by atoms with E-state index in [1.165, 1.54) is 12.8 Å². The molecule has 64 heavy (non-hydrogen) atoms. The number of nitrogens with one attached hydrogen (secondary N) is 1. The lowest BCUT2D eigenvalue weighted by Gasteiger charge is -2.65. The van der Waals surface area contributed by atoms with Crippen LogP contribution in [0.5, 0.6) is 0 Å². The standard InChI is InChI=1S/C51H89N7O5S/c1-37(14-8-29-58(30-13-28-56-27-9-23-52)64(59,60)47-18-7-15-40-41(47)16-6-17-45(40)57(4)5)42-19-20-43-49-44(36-48(51(42,43)3)63-33-12-26-55)50(2)22-21-39(61-31-10-24-53)34-38(50)35-46(49)62-32-11-25-54/h6-7,15-18,37-39,42-44,46,48-49,56H,8-14,19-36,52-55H2,1-5H3/t37-,38+,39-,42-,43+,44+,46-,48+,49+,50+,51-/m1/s1. The number of nitrogens with two attached hydrogens (primary N) is 4. The molecule has 2 aromatic rings. The molecule has 4 fully saturated rings. The quantitative estimate of drug-likeness (QED) is 0.0600. The van der Waals surface area contributed by atoms with Crippen molar-refractivity contribution in [1.29, 1.82) is 0 Å². The molecule has 6 rings (SSSR count). The Bertz CT molecular complexity index is 1840. The van der Waals surface area contributed by atoms with Crippen molar-refractivity contribution in [2.45, 2.75) is 134 Å². The fourth-order valence-corrected chi connectivity index (χ4v) is 15.2. The second-order valence-electron chi connectivity index (χ2n) is 20.8. The zero-order chi connectivity index (χ0) is 45.9. The van der Waals surface area contributed by atoms with E-state index >= 15 is 0 Å². The average molecular weight is 912 g/mol. The van der Waals surface area contributed by atoms with Gasteiger partial charge in [-0.25, -0.2) is 8.42 Å². The predicted octanol–water partition coefficient (Wildman–Crippen LogP) is 6.72. The first-order valence-electron chi connectivity index (χ1n) is 25.4. The highest BCUT2D eigenvalue weighted by Crippen LogP contribution is 2.69. The van der Waals surface area contributed by atoms with Gasteiger partial charge >= 0.3 is 0 Å². The topological polar surface area (TPSA) is 184 Å². The molecule has 11 atom stereocenters. The SMILES string of the molecule is C[C@H](CCCN(CCCNCCCN)S(=O)(=O)c1cccc2c(N(C)C)cccc12)[C@H]1CC[C@H]2[C@@H]3[C@H](OCCCN)C[C@@H]4C[C@H](OCCCN)CC[C@]4(C)[C@H]3C[C@H](OCCCN)[C@]12C. The first kappa shape index (κ1) is 51.5. The molecular formula is C51H89N7O5S. The van der Waals surface area contributed by atoms with E-state index in [2.05, 4.69) is 26.1 Å². The zero-order valence-corrected chi connectivity index (χ0v) is 41.3. The summed E-state index contributed by atoms with van der Waals surface area (Å²) < 4.78 is 51.9. The van der Waals surface area contributed by atoms with Gasteiger partial charge in [0.1, 0.15) is 0 Å². The van der Waals surface area contributed by atoms with Crippen LogP contribution in [0.3, 0.4) is 0 Å². The molecule has 4 saturated carbocycles. The van der Waals surface area contributed by atoms with Gasteiger partial charge in [-0.2, -0.15) is 4.31 Å². The lowest BCUT2D eigenvalue weighted by molar-refractivity contribution is -0.227. The Morgan fingerprint density at radius 3 is 2.12 bits per heavy atom. The maximum Gasteiger partial charge on any atom is 0.243 e. The summed E-state index contributed by atoms with van der Waals surface area (Å²) in [5.74, 6) is 2.88. The van der Waals surface area contributed by atoms with E-state index in [-0.39, 0.29) is 23.0 Å². The van der Waals surface area contributed by atoms with Crippen molar-refractivity contribution in [2.75, 3.05) is 91.2 Å². The summed E-state index contributed by atoms with van der Waals surface area (Å²) in [6.45, 7) is 14.9. The van der Waals surface area contributed by atoms with Crippen LogP contribution in [-0.4, -0.2) is 117 Å². The van der Waals surface area contributed by atoms with Crippen LogP contribution < -0.4 is 33.2 Å². The molecule has 12 nitrogen and oxygen atoms in total. The van der Waals surface area contributed by atoms with Gasteiger partial charge in [0.2, 0.25) is 10.0 Å². The van der Waals surface area contributed by atoms with Crippen molar-refractivity contribution in [2.24, 2.45) is 69.3 Å². The molecule has 0 radical (unpaired) electrons. The van der Waals surface area contributed by atoms with Crippen molar-refractivity contribution >= 4 is 26.5 Å². The first-order chi connectivity index (χ1) is 30.9. The van der Waals surface area contributed by atoms with E-state index < -0.39 is 10.0 Å². The van der Waals surface area contributed by atoms with Crippen molar-refractivity contribution in [1.82, 2.24) is 9.62 Å². The molecule has 2 aromatic carbocycles. The zero-order valence-electron chi connectivity index (χ0n) is 40.5. The summed E-state index contributed by atoms with van der Waals surface area (Å²) in [5, 5.41) is 5.18. The second kappa shape index (κ2) is 23.9. The van der Waals surface area contributed by atoms with Gasteiger partial charge < -0.3 is 47.4 Å². The third-order valence-electron chi connectivity index (χ3n) is 16.8. The minimum atomic E-state index is -3.79. The Morgan fingerprint density at radius 1 is 0.750 bits per heavy atom. The van der Waals surface area contributed by atoms with Crippen LogP contribution in [-0.2, 0) is 24.2 Å². The molecule has 4 aliphatic carbocycles. The smallest absolute Gasteiger partial charge is 0.243 e. The maximum absolute atomic E-state index is 14.8. The number of sulfonamides is 1. The maximum atomic E-state index is 14.8. The summed E-state index contributed by atoms with van der Waals surface area (Å²) in [6.07, 6.45) is 14.5. The van der Waals surface area contributed by atoms with Gasteiger partial charge in [-0.1, -0.05) is 45.0 Å². The normalized spacial score (nSPS) is 30.9. The van der Waals surface area contributed by atoms with Gasteiger partial charge in [0, 0.05) is 68.9 Å².